The number of ether oxygens (including phenoxy) is 1. The molecule has 37 heavy (non-hydrogen) atoms. The summed E-state index contributed by atoms with van der Waals surface area (Å²) in [5, 5.41) is 25.9. The summed E-state index contributed by atoms with van der Waals surface area (Å²) in [6.45, 7) is 4.67. The smallest absolute Gasteiger partial charge is 0.406 e. The van der Waals surface area contributed by atoms with Crippen molar-refractivity contribution in [3.8, 4) is 23.7 Å². The fourth-order valence-electron chi connectivity index (χ4n) is 3.52. The Balaban J connectivity index is 1.68. The molecule has 1 amide bonds. The Labute approximate surface area is 209 Å². The molecule has 1 N–H and O–H groups in total. The lowest BCUT2D eigenvalue weighted by molar-refractivity contribution is -0.274. The molecule has 2 aromatic heterocycles. The highest BCUT2D eigenvalue weighted by Gasteiger charge is 2.33. The summed E-state index contributed by atoms with van der Waals surface area (Å²) in [6, 6.07) is 7.99. The first-order chi connectivity index (χ1) is 17.4. The number of aromatic nitrogens is 5. The van der Waals surface area contributed by atoms with E-state index in [0.29, 0.717) is 11.6 Å². The Kier molecular flexibility index (Phi) is 6.57. The number of nitrogens with one attached hydrogen (secondary N) is 1. The van der Waals surface area contributed by atoms with Gasteiger partial charge in [-0.2, -0.15) is 15.2 Å². The van der Waals surface area contributed by atoms with Gasteiger partial charge in [0.15, 0.2) is 17.5 Å². The lowest BCUT2D eigenvalue weighted by Crippen LogP contribution is -2.29. The van der Waals surface area contributed by atoms with Crippen LogP contribution in [-0.2, 0) is 5.41 Å². The topological polar surface area (TPSA) is 142 Å². The maximum atomic E-state index is 13.2. The molecule has 2 heterocycles. The summed E-state index contributed by atoms with van der Waals surface area (Å²) >= 11 is 0. The number of carbonyl (C=O) groups is 1. The fourth-order valence-corrected chi connectivity index (χ4v) is 3.52. The number of carbonyl (C=O) groups excluding carboxylic acids is 1. The minimum atomic E-state index is -4.98. The molecule has 1 aliphatic carbocycles. The minimum absolute atomic E-state index is 0.116. The van der Waals surface area contributed by atoms with Crippen molar-refractivity contribution in [3.63, 3.8) is 0 Å². The summed E-state index contributed by atoms with van der Waals surface area (Å²) in [7, 11) is 0. The van der Waals surface area contributed by atoms with E-state index in [1.165, 1.54) is 37.0 Å². The number of amides is 1. The molecule has 0 radical (unpaired) electrons. The average Bonchev–Trinajstić information content (AvgIpc) is 3.60. The first-order valence-electron chi connectivity index (χ1n) is 11.2. The molecule has 1 fully saturated rings. The van der Waals surface area contributed by atoms with Gasteiger partial charge >= 0.3 is 6.36 Å². The molecule has 13 heteroatoms. The third kappa shape index (κ3) is 5.83. The number of benzene rings is 1. The highest BCUT2D eigenvalue weighted by Crippen LogP contribution is 2.39. The molecule has 190 valence electrons. The van der Waals surface area contributed by atoms with E-state index in [9.17, 15) is 28.5 Å². The normalized spacial score (nSPS) is 14.4. The summed E-state index contributed by atoms with van der Waals surface area (Å²) in [6.07, 6.45) is -1.93. The van der Waals surface area contributed by atoms with E-state index in [0.717, 1.165) is 25.0 Å². The zero-order chi connectivity index (χ0) is 27.0. The number of hydrogen-bond donors (Lipinski definition) is 1. The van der Waals surface area contributed by atoms with Crippen LogP contribution in [-0.4, -0.2) is 37.0 Å². The van der Waals surface area contributed by atoms with Gasteiger partial charge in [-0.25, -0.2) is 15.0 Å². The van der Waals surface area contributed by atoms with Crippen molar-refractivity contribution < 1.29 is 22.7 Å². The number of alkyl halides is 3. The van der Waals surface area contributed by atoms with Crippen LogP contribution < -0.4 is 10.1 Å². The largest absolute Gasteiger partial charge is 0.573 e. The molecular weight excluding hydrogens is 489 g/mol. The second-order valence-corrected chi connectivity index (χ2v) is 9.11. The standard InChI is InChI=1S/C24H21F3N8O2/c1-13(21-33-20(14-4-5-14)34-35(21)19-9-17(10-28)30-12-31-19)32-22(36)15-6-16(23(2,3)11-29)8-18(7-15)37-24(25,26)27/h6-9,12-14H,4-5H2,1-3H3,(H,32,36)/t13-/m0/s1. The van der Waals surface area contributed by atoms with Gasteiger partial charge in [0.05, 0.1) is 17.5 Å². The van der Waals surface area contributed by atoms with E-state index in [1.54, 1.807) is 6.92 Å². The first-order valence-corrected chi connectivity index (χ1v) is 11.2. The number of halogens is 3. The van der Waals surface area contributed by atoms with Gasteiger partial charge in [-0.1, -0.05) is 0 Å². The molecule has 1 aromatic carbocycles. The number of hydrogen-bond acceptors (Lipinski definition) is 8. The molecule has 0 unspecified atom stereocenters. The summed E-state index contributed by atoms with van der Waals surface area (Å²) < 4.78 is 44.2. The van der Waals surface area contributed by atoms with Crippen LogP contribution in [0, 0.1) is 22.7 Å². The Morgan fingerprint density at radius 2 is 1.92 bits per heavy atom. The lowest BCUT2D eigenvalue weighted by Gasteiger charge is -2.20. The van der Waals surface area contributed by atoms with E-state index in [2.05, 4.69) is 30.1 Å². The Morgan fingerprint density at radius 1 is 1.19 bits per heavy atom. The predicted molar refractivity (Wildman–Crippen MR) is 121 cm³/mol. The highest BCUT2D eigenvalue weighted by atomic mass is 19.4. The van der Waals surface area contributed by atoms with Crippen LogP contribution in [0.15, 0.2) is 30.6 Å². The number of rotatable bonds is 7. The van der Waals surface area contributed by atoms with E-state index in [-0.39, 0.29) is 28.6 Å². The summed E-state index contributed by atoms with van der Waals surface area (Å²) in [5.41, 5.74) is -1.02. The Bertz CT molecular complexity index is 1430. The van der Waals surface area contributed by atoms with Crippen LogP contribution in [0.3, 0.4) is 0 Å². The molecule has 1 aliphatic rings. The van der Waals surface area contributed by atoms with Gasteiger partial charge < -0.3 is 10.1 Å². The van der Waals surface area contributed by atoms with Crippen LogP contribution in [0.2, 0.25) is 0 Å². The van der Waals surface area contributed by atoms with Gasteiger partial charge in [-0.3, -0.25) is 4.79 Å². The van der Waals surface area contributed by atoms with Crippen LogP contribution in [0.1, 0.15) is 78.8 Å². The second kappa shape index (κ2) is 9.50. The second-order valence-electron chi connectivity index (χ2n) is 9.11. The lowest BCUT2D eigenvalue weighted by atomic mass is 9.85. The van der Waals surface area contributed by atoms with Crippen LogP contribution in [0.4, 0.5) is 13.2 Å². The zero-order valence-corrected chi connectivity index (χ0v) is 20.0. The summed E-state index contributed by atoms with van der Waals surface area (Å²) in [4.78, 5) is 25.7. The van der Waals surface area contributed by atoms with Gasteiger partial charge in [0.25, 0.3) is 5.91 Å². The zero-order valence-electron chi connectivity index (χ0n) is 20.0. The maximum Gasteiger partial charge on any atom is 0.573 e. The van der Waals surface area contributed by atoms with Crippen molar-refractivity contribution in [2.45, 2.75) is 57.3 Å². The van der Waals surface area contributed by atoms with E-state index in [4.69, 9.17) is 0 Å². The number of nitriles is 2. The molecule has 1 atom stereocenters. The average molecular weight is 510 g/mol. The molecule has 0 spiro atoms. The molecule has 4 rings (SSSR count). The van der Waals surface area contributed by atoms with Crippen molar-refractivity contribution in [3.05, 3.63) is 59.1 Å². The molecule has 0 aliphatic heterocycles. The quantitative estimate of drug-likeness (QED) is 0.503. The van der Waals surface area contributed by atoms with Crippen LogP contribution >= 0.6 is 0 Å². The van der Waals surface area contributed by atoms with E-state index in [1.807, 2.05) is 12.1 Å². The van der Waals surface area contributed by atoms with Crippen molar-refractivity contribution in [1.29, 1.82) is 10.5 Å². The highest BCUT2D eigenvalue weighted by molar-refractivity contribution is 5.95. The minimum Gasteiger partial charge on any atom is -0.406 e. The van der Waals surface area contributed by atoms with E-state index >= 15 is 0 Å². The Morgan fingerprint density at radius 3 is 2.54 bits per heavy atom. The van der Waals surface area contributed by atoms with Crippen molar-refractivity contribution in [1.82, 2.24) is 30.0 Å². The first kappa shape index (κ1) is 25.6. The Hall–Kier alpha value is -4.52. The van der Waals surface area contributed by atoms with Crippen molar-refractivity contribution in [2.24, 2.45) is 0 Å². The van der Waals surface area contributed by atoms with Gasteiger partial charge in [-0.05, 0) is 57.4 Å². The monoisotopic (exact) mass is 510 g/mol. The molecule has 0 saturated heterocycles. The third-order valence-electron chi connectivity index (χ3n) is 5.71. The molecule has 0 bridgehead atoms. The van der Waals surface area contributed by atoms with Crippen molar-refractivity contribution >= 4 is 5.91 Å². The number of nitrogens with zero attached hydrogens (tertiary/aromatic N) is 7. The molecule has 10 nitrogen and oxygen atoms in total. The SMILES string of the molecule is C[C@H](NC(=O)c1cc(OC(F)(F)F)cc(C(C)(C)C#N)c1)c1nc(C2CC2)nn1-c1cc(C#N)ncn1. The predicted octanol–water partition coefficient (Wildman–Crippen LogP) is 4.00. The van der Waals surface area contributed by atoms with Gasteiger partial charge in [0, 0.05) is 17.5 Å². The maximum absolute atomic E-state index is 13.2. The van der Waals surface area contributed by atoms with Crippen LogP contribution in [0.25, 0.3) is 5.82 Å². The van der Waals surface area contributed by atoms with Gasteiger partial charge in [0.2, 0.25) is 0 Å². The van der Waals surface area contributed by atoms with Crippen molar-refractivity contribution in [2.75, 3.05) is 0 Å². The summed E-state index contributed by atoms with van der Waals surface area (Å²) in [5.74, 6) is 0.00570. The van der Waals surface area contributed by atoms with Gasteiger partial charge in [-0.15, -0.1) is 18.3 Å². The van der Waals surface area contributed by atoms with Gasteiger partial charge in [0.1, 0.15) is 23.8 Å². The van der Waals surface area contributed by atoms with Crippen LogP contribution in [0.5, 0.6) is 5.75 Å². The molecule has 3 aromatic rings. The molecule has 1 saturated carbocycles. The third-order valence-corrected chi connectivity index (χ3v) is 5.71. The van der Waals surface area contributed by atoms with E-state index < -0.39 is 29.5 Å². The molecular formula is C24H21F3N8O2. The fraction of sp³-hybridized carbons (Fsp3) is 0.375.